The third-order valence-corrected chi connectivity index (χ3v) is 5.33. The number of aliphatic hydroxyl groups excluding tert-OH is 1. The van der Waals surface area contributed by atoms with E-state index in [1.165, 1.54) is 0 Å². The van der Waals surface area contributed by atoms with Crippen molar-refractivity contribution in [2.24, 2.45) is 0 Å². The van der Waals surface area contributed by atoms with Gasteiger partial charge in [0.25, 0.3) is 0 Å². The van der Waals surface area contributed by atoms with Crippen molar-refractivity contribution in [2.75, 3.05) is 26.7 Å². The first-order valence-electron chi connectivity index (χ1n) is 7.46. The molecule has 2 rings (SSSR count). The summed E-state index contributed by atoms with van der Waals surface area (Å²) in [5, 5.41) is 11.3. The first-order chi connectivity index (χ1) is 9.90. The van der Waals surface area contributed by atoms with Gasteiger partial charge in [0.1, 0.15) is 0 Å². The van der Waals surface area contributed by atoms with Crippen molar-refractivity contribution in [3.05, 3.63) is 33.8 Å². The van der Waals surface area contributed by atoms with Crippen LogP contribution in [0.3, 0.4) is 0 Å². The van der Waals surface area contributed by atoms with Gasteiger partial charge in [0.2, 0.25) is 0 Å². The summed E-state index contributed by atoms with van der Waals surface area (Å²) in [6.07, 6.45) is 0.102. The van der Waals surface area contributed by atoms with Crippen molar-refractivity contribution in [1.82, 2.24) is 9.80 Å². The Labute approximate surface area is 137 Å². The Bertz CT molecular complexity index is 471. The summed E-state index contributed by atoms with van der Waals surface area (Å²) < 4.78 is 0. The molecular formula is C16H24Cl2N2O. The molecule has 3 nitrogen and oxygen atoms in total. The molecule has 1 saturated heterocycles. The van der Waals surface area contributed by atoms with Gasteiger partial charge in [-0.1, -0.05) is 35.3 Å². The van der Waals surface area contributed by atoms with E-state index >= 15 is 0 Å². The van der Waals surface area contributed by atoms with Gasteiger partial charge < -0.3 is 10.0 Å². The third-order valence-electron chi connectivity index (χ3n) is 4.49. The molecule has 0 aliphatic carbocycles. The van der Waals surface area contributed by atoms with Crippen molar-refractivity contribution in [1.29, 1.82) is 0 Å². The highest BCUT2D eigenvalue weighted by molar-refractivity contribution is 6.42. The summed E-state index contributed by atoms with van der Waals surface area (Å²) in [5.41, 5.74) is 0.722. The number of hydrogen-bond donors (Lipinski definition) is 1. The highest BCUT2D eigenvalue weighted by Gasteiger charge is 2.26. The summed E-state index contributed by atoms with van der Waals surface area (Å²) in [6.45, 7) is 7.43. The van der Waals surface area contributed by atoms with Crippen LogP contribution in [0.15, 0.2) is 18.2 Å². The van der Waals surface area contributed by atoms with Gasteiger partial charge in [-0.25, -0.2) is 0 Å². The standard InChI is InChI=1S/C16H24Cl2N2O/c1-11-9-20(10-12(2)19(11)3)8-7-15(21)13-5-4-6-14(17)16(13)18/h4-6,11-12,15,21H,7-10H2,1-3H3. The number of benzene rings is 1. The normalized spacial score (nSPS) is 26.0. The van der Waals surface area contributed by atoms with Gasteiger partial charge in [0.05, 0.1) is 16.1 Å². The highest BCUT2D eigenvalue weighted by Crippen LogP contribution is 2.31. The number of hydrogen-bond acceptors (Lipinski definition) is 3. The van der Waals surface area contributed by atoms with Crippen LogP contribution in [0.2, 0.25) is 10.0 Å². The minimum Gasteiger partial charge on any atom is -0.388 e. The van der Waals surface area contributed by atoms with Crippen LogP contribution in [0, 0.1) is 0 Å². The Morgan fingerprint density at radius 2 is 1.86 bits per heavy atom. The lowest BCUT2D eigenvalue weighted by molar-refractivity contribution is 0.0485. The number of halogens is 2. The van der Waals surface area contributed by atoms with E-state index in [1.807, 2.05) is 12.1 Å². The SMILES string of the molecule is CC1CN(CCC(O)c2cccc(Cl)c2Cl)CC(C)N1C. The summed E-state index contributed by atoms with van der Waals surface area (Å²) in [5.74, 6) is 0. The lowest BCUT2D eigenvalue weighted by Gasteiger charge is -2.42. The summed E-state index contributed by atoms with van der Waals surface area (Å²) in [6, 6.07) is 6.49. The second kappa shape index (κ2) is 7.30. The smallest absolute Gasteiger partial charge is 0.0817 e. The zero-order valence-corrected chi connectivity index (χ0v) is 14.4. The number of rotatable bonds is 4. The van der Waals surface area contributed by atoms with Crippen molar-refractivity contribution >= 4 is 23.2 Å². The van der Waals surface area contributed by atoms with Gasteiger partial charge in [0, 0.05) is 37.3 Å². The van der Waals surface area contributed by atoms with E-state index < -0.39 is 6.10 Å². The predicted octanol–water partition coefficient (Wildman–Crippen LogP) is 3.44. The Balaban J connectivity index is 1.92. The fraction of sp³-hybridized carbons (Fsp3) is 0.625. The van der Waals surface area contributed by atoms with Crippen LogP contribution in [0.5, 0.6) is 0 Å². The van der Waals surface area contributed by atoms with E-state index in [-0.39, 0.29) is 0 Å². The Hall–Kier alpha value is -0.320. The molecule has 1 aliphatic rings. The lowest BCUT2D eigenvalue weighted by Crippen LogP contribution is -2.55. The average Bonchev–Trinajstić information content (AvgIpc) is 2.45. The third kappa shape index (κ3) is 4.11. The molecule has 1 aromatic carbocycles. The van der Waals surface area contributed by atoms with Crippen LogP contribution in [0.4, 0.5) is 0 Å². The summed E-state index contributed by atoms with van der Waals surface area (Å²) in [7, 11) is 2.17. The molecule has 0 amide bonds. The molecule has 1 fully saturated rings. The molecule has 0 radical (unpaired) electrons. The Kier molecular flexibility index (Phi) is 5.92. The monoisotopic (exact) mass is 330 g/mol. The second-order valence-corrected chi connectivity index (χ2v) is 6.86. The molecule has 0 bridgehead atoms. The quantitative estimate of drug-likeness (QED) is 0.916. The molecule has 0 spiro atoms. The minimum absolute atomic E-state index is 0.465. The van der Waals surface area contributed by atoms with Crippen LogP contribution in [-0.2, 0) is 0 Å². The van der Waals surface area contributed by atoms with E-state index in [1.54, 1.807) is 6.07 Å². The zero-order valence-electron chi connectivity index (χ0n) is 12.9. The maximum atomic E-state index is 10.4. The topological polar surface area (TPSA) is 26.7 Å². The molecule has 21 heavy (non-hydrogen) atoms. The second-order valence-electron chi connectivity index (χ2n) is 6.07. The molecule has 1 aromatic rings. The van der Waals surface area contributed by atoms with Crippen LogP contribution in [0.1, 0.15) is 31.9 Å². The summed E-state index contributed by atoms with van der Waals surface area (Å²) >= 11 is 12.2. The molecule has 3 unspecified atom stereocenters. The molecule has 118 valence electrons. The van der Waals surface area contributed by atoms with Gasteiger partial charge in [-0.05, 0) is 33.4 Å². The van der Waals surface area contributed by atoms with Crippen LogP contribution in [-0.4, -0.2) is 53.7 Å². The number of piperazine rings is 1. The van der Waals surface area contributed by atoms with Crippen molar-refractivity contribution in [3.63, 3.8) is 0 Å². The fourth-order valence-electron chi connectivity index (χ4n) is 2.93. The molecule has 5 heteroatoms. The predicted molar refractivity (Wildman–Crippen MR) is 89.2 cm³/mol. The highest BCUT2D eigenvalue weighted by atomic mass is 35.5. The zero-order chi connectivity index (χ0) is 15.6. The van der Waals surface area contributed by atoms with Crippen LogP contribution >= 0.6 is 23.2 Å². The van der Waals surface area contributed by atoms with Crippen molar-refractivity contribution < 1.29 is 5.11 Å². The van der Waals surface area contributed by atoms with Gasteiger partial charge in [0.15, 0.2) is 0 Å². The van der Waals surface area contributed by atoms with Gasteiger partial charge in [-0.3, -0.25) is 4.90 Å². The first kappa shape index (κ1) is 17.0. The van der Waals surface area contributed by atoms with Crippen molar-refractivity contribution in [2.45, 2.75) is 38.5 Å². The van der Waals surface area contributed by atoms with E-state index in [2.05, 4.69) is 30.7 Å². The average molecular weight is 331 g/mol. The number of nitrogens with zero attached hydrogens (tertiary/aromatic N) is 2. The van der Waals surface area contributed by atoms with Gasteiger partial charge in [-0.15, -0.1) is 0 Å². The van der Waals surface area contributed by atoms with E-state index in [9.17, 15) is 5.11 Å². The fourth-order valence-corrected chi connectivity index (χ4v) is 3.37. The molecule has 0 aromatic heterocycles. The van der Waals surface area contributed by atoms with Gasteiger partial charge >= 0.3 is 0 Å². The van der Waals surface area contributed by atoms with E-state index in [4.69, 9.17) is 23.2 Å². The summed E-state index contributed by atoms with van der Waals surface area (Å²) in [4.78, 5) is 4.82. The van der Waals surface area contributed by atoms with E-state index in [0.29, 0.717) is 28.5 Å². The van der Waals surface area contributed by atoms with Crippen molar-refractivity contribution in [3.8, 4) is 0 Å². The first-order valence-corrected chi connectivity index (χ1v) is 8.22. The molecule has 1 aliphatic heterocycles. The Morgan fingerprint density at radius 3 is 2.48 bits per heavy atom. The Morgan fingerprint density at radius 1 is 1.24 bits per heavy atom. The van der Waals surface area contributed by atoms with E-state index in [0.717, 1.165) is 25.2 Å². The molecule has 1 N–H and O–H groups in total. The molecule has 3 atom stereocenters. The van der Waals surface area contributed by atoms with Crippen LogP contribution < -0.4 is 0 Å². The largest absolute Gasteiger partial charge is 0.388 e. The number of likely N-dealkylation sites (N-methyl/N-ethyl adjacent to an activating group) is 1. The molecular weight excluding hydrogens is 307 g/mol. The van der Waals surface area contributed by atoms with Crippen LogP contribution in [0.25, 0.3) is 0 Å². The lowest BCUT2D eigenvalue weighted by atomic mass is 10.0. The number of aliphatic hydroxyl groups is 1. The maximum Gasteiger partial charge on any atom is 0.0817 e. The minimum atomic E-state index is -0.568. The molecule has 0 saturated carbocycles. The molecule has 1 heterocycles. The maximum absolute atomic E-state index is 10.4. The van der Waals surface area contributed by atoms with Gasteiger partial charge in [-0.2, -0.15) is 0 Å².